The van der Waals surface area contributed by atoms with Crippen LogP contribution in [-0.2, 0) is 9.47 Å². The Hall–Kier alpha value is -3.31. The predicted molar refractivity (Wildman–Crippen MR) is 137 cm³/mol. The predicted octanol–water partition coefficient (Wildman–Crippen LogP) is -1.45. The molecule has 0 unspecified atom stereocenters. The molecule has 2 fully saturated rings. The van der Waals surface area contributed by atoms with E-state index in [0.29, 0.717) is 5.56 Å². The van der Waals surface area contributed by atoms with E-state index in [1.807, 2.05) is 0 Å². The number of fused-ring (bicyclic) bond motifs is 1. The molecule has 0 amide bonds. The number of methoxy groups -OCH3 is 1. The van der Waals surface area contributed by atoms with Crippen molar-refractivity contribution in [3.8, 4) is 28.6 Å². The molecule has 14 nitrogen and oxygen atoms in total. The molecule has 0 aliphatic carbocycles. The van der Waals surface area contributed by atoms with Crippen LogP contribution in [0.3, 0.4) is 0 Å². The molecule has 5 rings (SSSR count). The second kappa shape index (κ2) is 11.2. The van der Waals surface area contributed by atoms with Crippen molar-refractivity contribution >= 4 is 11.0 Å². The van der Waals surface area contributed by atoms with Gasteiger partial charge >= 0.3 is 0 Å². The quantitative estimate of drug-likeness (QED) is 0.168. The van der Waals surface area contributed by atoms with E-state index in [0.717, 1.165) is 13.2 Å². The van der Waals surface area contributed by atoms with E-state index in [2.05, 4.69) is 0 Å². The number of benzene rings is 2. The molecule has 1 aromatic heterocycles. The molecule has 41 heavy (non-hydrogen) atoms. The molecule has 9 N–H and O–H groups in total. The average molecular weight is 579 g/mol. The van der Waals surface area contributed by atoms with E-state index in [1.54, 1.807) is 0 Å². The maximum atomic E-state index is 13.5. The van der Waals surface area contributed by atoms with E-state index in [4.69, 9.17) is 18.6 Å². The van der Waals surface area contributed by atoms with Gasteiger partial charge in [0.05, 0.1) is 31.5 Å². The molecule has 222 valence electrons. The molecule has 0 saturated carbocycles. The molecule has 2 saturated heterocycles. The minimum atomic E-state index is -1.90. The monoisotopic (exact) mass is 578 g/mol. The van der Waals surface area contributed by atoms with E-state index in [9.17, 15) is 50.8 Å². The van der Waals surface area contributed by atoms with Crippen LogP contribution in [0.1, 0.15) is 23.3 Å². The van der Waals surface area contributed by atoms with Gasteiger partial charge in [-0.15, -0.1) is 0 Å². The second-order valence-electron chi connectivity index (χ2n) is 9.99. The molecule has 9 atom stereocenters. The summed E-state index contributed by atoms with van der Waals surface area (Å²) in [5, 5.41) is 93.2. The normalized spacial score (nSPS) is 32.2. The van der Waals surface area contributed by atoms with Gasteiger partial charge in [-0.2, -0.15) is 0 Å². The summed E-state index contributed by atoms with van der Waals surface area (Å²) in [5.74, 6) is -1.19. The van der Waals surface area contributed by atoms with Crippen molar-refractivity contribution in [1.82, 2.24) is 0 Å². The van der Waals surface area contributed by atoms with E-state index < -0.39 is 90.3 Å². The van der Waals surface area contributed by atoms with Crippen LogP contribution in [-0.4, -0.2) is 109 Å². The highest BCUT2D eigenvalue weighted by atomic mass is 16.6. The zero-order valence-corrected chi connectivity index (χ0v) is 21.6. The highest BCUT2D eigenvalue weighted by Crippen LogP contribution is 2.51. The zero-order chi connectivity index (χ0) is 29.7. The fourth-order valence-corrected chi connectivity index (χ4v) is 5.31. The fraction of sp³-hybridized carbons (Fsp3) is 0.444. The van der Waals surface area contributed by atoms with Crippen LogP contribution in [0, 0.1) is 0 Å². The van der Waals surface area contributed by atoms with Crippen LogP contribution in [0.5, 0.6) is 17.2 Å². The van der Waals surface area contributed by atoms with Gasteiger partial charge in [-0.1, -0.05) is 0 Å². The molecule has 2 aliphatic rings. The van der Waals surface area contributed by atoms with Crippen LogP contribution in [0.4, 0.5) is 0 Å². The number of hydrogen-bond acceptors (Lipinski definition) is 14. The van der Waals surface area contributed by atoms with Crippen LogP contribution in [0.2, 0.25) is 0 Å². The number of rotatable bonds is 5. The lowest BCUT2D eigenvalue weighted by Gasteiger charge is -2.41. The molecule has 3 heterocycles. The average Bonchev–Trinajstić information content (AvgIpc) is 2.95. The zero-order valence-electron chi connectivity index (χ0n) is 21.6. The number of ether oxygens (including phenoxy) is 3. The SMILES string of the molecule is COc1c([C@@H]2O[C@H](CO)[C@@H](O)[C@H](O)[C@H]2O)c(O)c2c(=O)cc(-c3ccc(O)cc3)oc2c1[C@H]1OC[C@@H](O)[C@@H](O)[C@H]1O. The maximum Gasteiger partial charge on any atom is 0.197 e. The summed E-state index contributed by atoms with van der Waals surface area (Å²) in [6.45, 7) is -1.23. The summed E-state index contributed by atoms with van der Waals surface area (Å²) in [6, 6.07) is 6.69. The Balaban J connectivity index is 1.83. The smallest absolute Gasteiger partial charge is 0.197 e. The molecule has 2 aliphatic heterocycles. The Kier molecular flexibility index (Phi) is 7.95. The van der Waals surface area contributed by atoms with E-state index in [1.165, 1.54) is 24.3 Å². The summed E-state index contributed by atoms with van der Waals surface area (Å²) < 4.78 is 22.9. The number of hydrogen-bond donors (Lipinski definition) is 9. The van der Waals surface area contributed by atoms with Crippen molar-refractivity contribution in [2.75, 3.05) is 20.3 Å². The molecule has 0 bridgehead atoms. The van der Waals surface area contributed by atoms with Crippen molar-refractivity contribution in [1.29, 1.82) is 0 Å². The summed E-state index contributed by atoms with van der Waals surface area (Å²) in [4.78, 5) is 13.5. The molecule has 3 aromatic rings. The summed E-state index contributed by atoms with van der Waals surface area (Å²) in [5.41, 5.74) is -1.38. The highest BCUT2D eigenvalue weighted by molar-refractivity contribution is 5.92. The first-order valence-corrected chi connectivity index (χ1v) is 12.7. The first-order chi connectivity index (χ1) is 19.5. The van der Waals surface area contributed by atoms with Gasteiger partial charge in [-0.25, -0.2) is 0 Å². The standard InChI is InChI=1S/C27H30O14/c1-38-24-16(27-23(37)21(35)19(33)14(7-28)41-27)20(34)15-11(30)6-13(9-2-4-10(29)5-3-9)40-25(15)17(24)26-22(36)18(32)12(31)8-39-26/h2-6,12,14,18-19,21-23,26-29,31-37H,7-8H2,1H3/t12-,14-,18-,19-,21+,22-,23-,26-,27+/m1/s1. The van der Waals surface area contributed by atoms with Crippen molar-refractivity contribution in [2.45, 2.75) is 54.9 Å². The Morgan fingerprint density at radius 3 is 2.17 bits per heavy atom. The Morgan fingerprint density at radius 1 is 0.878 bits per heavy atom. The Morgan fingerprint density at radius 2 is 1.54 bits per heavy atom. The Labute approximate surface area is 231 Å². The molecule has 0 spiro atoms. The lowest BCUT2D eigenvalue weighted by Crippen LogP contribution is -2.55. The van der Waals surface area contributed by atoms with Gasteiger partial charge in [0.1, 0.15) is 83.3 Å². The number of phenols is 2. The number of phenolic OH excluding ortho intramolecular Hbond substituents is 2. The van der Waals surface area contributed by atoms with E-state index in [-0.39, 0.29) is 28.4 Å². The summed E-state index contributed by atoms with van der Waals surface area (Å²) >= 11 is 0. The van der Waals surface area contributed by atoms with E-state index >= 15 is 0 Å². The molecular weight excluding hydrogens is 548 g/mol. The molecular formula is C27H30O14. The fourth-order valence-electron chi connectivity index (χ4n) is 5.31. The van der Waals surface area contributed by atoms with Gasteiger partial charge in [0.25, 0.3) is 0 Å². The van der Waals surface area contributed by atoms with Crippen LogP contribution >= 0.6 is 0 Å². The lowest BCUT2D eigenvalue weighted by molar-refractivity contribution is -0.232. The van der Waals surface area contributed by atoms with Gasteiger partial charge in [0, 0.05) is 11.6 Å². The van der Waals surface area contributed by atoms with Gasteiger partial charge < -0.3 is 64.6 Å². The molecule has 14 heteroatoms. The van der Waals surface area contributed by atoms with Crippen LogP contribution < -0.4 is 10.2 Å². The first-order valence-electron chi connectivity index (χ1n) is 12.7. The van der Waals surface area contributed by atoms with Crippen LogP contribution in [0.25, 0.3) is 22.3 Å². The summed E-state index contributed by atoms with van der Waals surface area (Å²) in [7, 11) is 1.15. The minimum Gasteiger partial charge on any atom is -0.508 e. The largest absolute Gasteiger partial charge is 0.508 e. The van der Waals surface area contributed by atoms with Gasteiger partial charge in [-0.3, -0.25) is 4.79 Å². The van der Waals surface area contributed by atoms with Crippen LogP contribution in [0.15, 0.2) is 39.5 Å². The third kappa shape index (κ3) is 4.82. The van der Waals surface area contributed by atoms with Crippen molar-refractivity contribution in [3.63, 3.8) is 0 Å². The lowest BCUT2D eigenvalue weighted by atomic mass is 9.85. The van der Waals surface area contributed by atoms with Crippen molar-refractivity contribution in [2.24, 2.45) is 0 Å². The topological polar surface area (TPSA) is 240 Å². The van der Waals surface area contributed by atoms with Crippen molar-refractivity contribution < 1.29 is 64.6 Å². The first kappa shape index (κ1) is 29.2. The number of aliphatic hydroxyl groups is 7. The maximum absolute atomic E-state index is 13.5. The van der Waals surface area contributed by atoms with Gasteiger partial charge in [0.15, 0.2) is 11.0 Å². The highest BCUT2D eigenvalue weighted by Gasteiger charge is 2.48. The third-order valence-electron chi connectivity index (χ3n) is 7.49. The molecule has 2 aromatic carbocycles. The molecule has 0 radical (unpaired) electrons. The van der Waals surface area contributed by atoms with Gasteiger partial charge in [-0.05, 0) is 24.3 Å². The van der Waals surface area contributed by atoms with Crippen molar-refractivity contribution in [3.05, 3.63) is 51.7 Å². The summed E-state index contributed by atoms with van der Waals surface area (Å²) in [6.07, 6.45) is -15.0. The third-order valence-corrected chi connectivity index (χ3v) is 7.49. The number of aliphatic hydroxyl groups excluding tert-OH is 7. The Bertz CT molecular complexity index is 1470. The minimum absolute atomic E-state index is 0.0170. The second-order valence-corrected chi connectivity index (χ2v) is 9.99. The number of aromatic hydroxyl groups is 2. The van der Waals surface area contributed by atoms with Gasteiger partial charge in [0.2, 0.25) is 0 Å².